The van der Waals surface area contributed by atoms with Gasteiger partial charge in [-0.2, -0.15) is 0 Å². The molecule has 1 aliphatic rings. The van der Waals surface area contributed by atoms with Crippen molar-refractivity contribution in [2.24, 2.45) is 0 Å². The normalized spacial score (nSPS) is 11.7. The number of allylic oxidation sites excluding steroid dienone is 4. The summed E-state index contributed by atoms with van der Waals surface area (Å²) in [6.45, 7) is 0. The van der Waals surface area contributed by atoms with Gasteiger partial charge in [0.15, 0.2) is 0 Å². The van der Waals surface area contributed by atoms with Crippen molar-refractivity contribution in [1.29, 1.82) is 0 Å². The monoisotopic (exact) mass is 648 g/mol. The Morgan fingerprint density at radius 2 is 0.568 bits per heavy atom. The van der Waals surface area contributed by atoms with Gasteiger partial charge in [-0.1, -0.05) is 182 Å². The molecule has 0 amide bonds. The van der Waals surface area contributed by atoms with Crippen LogP contribution in [-0.2, 0) is 15.7 Å². The van der Waals surface area contributed by atoms with E-state index in [1.807, 2.05) is 12.2 Å². The average Bonchev–Trinajstić information content (AvgIpc) is 3.59. The Kier molecular flexibility index (Phi) is 12.5. The van der Waals surface area contributed by atoms with Crippen molar-refractivity contribution < 1.29 is 15.7 Å². The second kappa shape index (κ2) is 17.5. The van der Waals surface area contributed by atoms with Crippen LogP contribution in [0.2, 0.25) is 0 Å². The third-order valence-electron chi connectivity index (χ3n) is 6.80. The topological polar surface area (TPSA) is 0 Å². The number of hydrogen-bond acceptors (Lipinski definition) is 0. The van der Waals surface area contributed by atoms with E-state index in [1.54, 1.807) is 0 Å². The van der Waals surface area contributed by atoms with Crippen LogP contribution in [0.5, 0.6) is 0 Å². The first-order valence-corrected chi connectivity index (χ1v) is 17.9. The van der Waals surface area contributed by atoms with Crippen molar-refractivity contribution in [3.05, 3.63) is 205 Å². The first-order valence-electron chi connectivity index (χ1n) is 14.7. The minimum Gasteiger partial charge on any atom is -0.0622 e. The van der Waals surface area contributed by atoms with E-state index in [-0.39, 0.29) is 0 Å². The van der Waals surface area contributed by atoms with Gasteiger partial charge in [-0.25, -0.2) is 0 Å². The van der Waals surface area contributed by atoms with Crippen LogP contribution in [0.1, 0.15) is 6.42 Å². The molecule has 0 saturated carbocycles. The third-order valence-corrected chi connectivity index (χ3v) is 12.1. The van der Waals surface area contributed by atoms with E-state index < -0.39 is 15.8 Å². The first-order chi connectivity index (χ1) is 21.8. The molecule has 0 saturated heterocycles. The number of hydrogen-bond donors (Lipinski definition) is 0. The molecule has 1 aliphatic carbocycles. The summed E-state index contributed by atoms with van der Waals surface area (Å²) in [7, 11) is -0.892. The van der Waals surface area contributed by atoms with Crippen LogP contribution in [-0.4, -0.2) is 0 Å². The molecule has 0 aromatic heterocycles. The molecule has 0 aliphatic heterocycles. The van der Waals surface area contributed by atoms with E-state index in [1.165, 1.54) is 31.8 Å². The Morgan fingerprint density at radius 1 is 0.341 bits per heavy atom. The van der Waals surface area contributed by atoms with E-state index in [2.05, 4.69) is 204 Å². The smallest absolute Gasteiger partial charge is 0.0134 e. The summed E-state index contributed by atoms with van der Waals surface area (Å²) in [5, 5.41) is 8.39. The molecule has 0 radical (unpaired) electrons. The number of benzene rings is 6. The Labute approximate surface area is 273 Å². The Morgan fingerprint density at radius 3 is 0.705 bits per heavy atom. The summed E-state index contributed by atoms with van der Waals surface area (Å²) in [6, 6.07) is 64.7. The molecule has 0 nitrogen and oxygen atoms in total. The molecule has 44 heavy (non-hydrogen) atoms. The van der Waals surface area contributed by atoms with Crippen LogP contribution in [0.15, 0.2) is 205 Å². The Hall–Kier alpha value is -3.83. The van der Waals surface area contributed by atoms with Gasteiger partial charge in [0.2, 0.25) is 0 Å². The SMILES string of the molecule is [Co][C]1=CC=CC1.c1ccc(P(c2ccccc2)c2ccccc2)cc1.c1ccc(P(c2ccccc2)c2ccccc2)cc1. The van der Waals surface area contributed by atoms with E-state index >= 15 is 0 Å². The second-order valence-electron chi connectivity index (χ2n) is 9.90. The number of rotatable bonds is 6. The van der Waals surface area contributed by atoms with Crippen LogP contribution in [0.3, 0.4) is 0 Å². The second-order valence-corrected chi connectivity index (χ2v) is 15.0. The van der Waals surface area contributed by atoms with Crippen LogP contribution in [0, 0.1) is 0 Å². The van der Waals surface area contributed by atoms with Gasteiger partial charge < -0.3 is 0 Å². The van der Waals surface area contributed by atoms with Crippen LogP contribution in [0.4, 0.5) is 0 Å². The average molecular weight is 649 g/mol. The zero-order valence-electron chi connectivity index (χ0n) is 24.5. The van der Waals surface area contributed by atoms with Crippen LogP contribution in [0.25, 0.3) is 0 Å². The van der Waals surface area contributed by atoms with Crippen molar-refractivity contribution in [3.63, 3.8) is 0 Å². The van der Waals surface area contributed by atoms with Crippen molar-refractivity contribution in [3.8, 4) is 0 Å². The van der Waals surface area contributed by atoms with Gasteiger partial charge in [-0.3, -0.25) is 0 Å². The fraction of sp³-hybridized carbons (Fsp3) is 0.0244. The fourth-order valence-corrected chi connectivity index (χ4v) is 9.60. The molecule has 0 bridgehead atoms. The molecule has 0 fully saturated rings. The summed E-state index contributed by atoms with van der Waals surface area (Å²) in [4.78, 5) is 0. The zero-order chi connectivity index (χ0) is 30.2. The fourth-order valence-electron chi connectivity index (χ4n) is 4.77. The molecule has 0 heterocycles. The summed E-state index contributed by atoms with van der Waals surface area (Å²) < 4.78 is 1.16. The molecule has 0 unspecified atom stereocenters. The molecule has 0 N–H and O–H groups in total. The van der Waals surface area contributed by atoms with Gasteiger partial charge in [-0.05, 0) is 47.7 Å². The molecule has 3 heteroatoms. The minimum absolute atomic E-state index is 0.446. The van der Waals surface area contributed by atoms with Crippen molar-refractivity contribution in [1.82, 2.24) is 0 Å². The van der Waals surface area contributed by atoms with E-state index in [9.17, 15) is 0 Å². The molecule has 7 rings (SSSR count). The first kappa shape index (κ1) is 31.6. The van der Waals surface area contributed by atoms with Crippen LogP contribution < -0.4 is 31.8 Å². The Balaban J connectivity index is 0.000000147. The zero-order valence-corrected chi connectivity index (χ0v) is 27.3. The maximum Gasteiger partial charge on any atom is -0.0134 e. The van der Waals surface area contributed by atoms with Gasteiger partial charge in [0.25, 0.3) is 0 Å². The molecule has 6 aromatic carbocycles. The van der Waals surface area contributed by atoms with E-state index in [0.717, 1.165) is 10.9 Å². The van der Waals surface area contributed by atoms with Gasteiger partial charge in [0.1, 0.15) is 0 Å². The van der Waals surface area contributed by atoms with E-state index in [0.29, 0.717) is 0 Å². The molecular formula is C41H35CoP2. The molecule has 218 valence electrons. The quantitative estimate of drug-likeness (QED) is 0.160. The predicted molar refractivity (Wildman–Crippen MR) is 192 cm³/mol. The Bertz CT molecular complexity index is 1400. The maximum absolute atomic E-state index is 4.14. The third kappa shape index (κ3) is 9.33. The van der Waals surface area contributed by atoms with Gasteiger partial charge in [-0.15, -0.1) is 0 Å². The van der Waals surface area contributed by atoms with Gasteiger partial charge in [0.05, 0.1) is 0 Å². The molecule has 6 aromatic rings. The van der Waals surface area contributed by atoms with Crippen molar-refractivity contribution in [2.75, 3.05) is 0 Å². The standard InChI is InChI=1S/2C18H15P.C5H5.Co/c2*1-4-10-16(11-5-1)19(17-12-6-2-7-13-17)18-14-8-3-9-15-18;1-2-4-5-3-1;/h2*1-15H;1-3H,4H2;. The van der Waals surface area contributed by atoms with Crippen LogP contribution >= 0.6 is 15.8 Å². The molecule has 0 spiro atoms. The summed E-state index contributed by atoms with van der Waals surface area (Å²) in [5.74, 6) is 0. The summed E-state index contributed by atoms with van der Waals surface area (Å²) in [5.41, 5.74) is 0. The molecular weight excluding hydrogens is 613 g/mol. The predicted octanol–water partition coefficient (Wildman–Crippen LogP) is 8.27. The molecule has 0 atom stereocenters. The minimum atomic E-state index is -0.446. The van der Waals surface area contributed by atoms with Gasteiger partial charge >= 0.3 is 44.9 Å². The largest absolute Gasteiger partial charge is 0.0622 e. The van der Waals surface area contributed by atoms with E-state index in [4.69, 9.17) is 0 Å². The van der Waals surface area contributed by atoms with Crippen molar-refractivity contribution in [2.45, 2.75) is 6.42 Å². The summed E-state index contributed by atoms with van der Waals surface area (Å²) >= 11 is 4.14. The van der Waals surface area contributed by atoms with Crippen molar-refractivity contribution >= 4 is 47.7 Å². The van der Waals surface area contributed by atoms with Gasteiger partial charge in [0, 0.05) is 0 Å². The maximum atomic E-state index is 4.14. The summed E-state index contributed by atoms with van der Waals surface area (Å²) in [6.07, 6.45) is 7.13.